The highest BCUT2D eigenvalue weighted by atomic mass is 35.5. The van der Waals surface area contributed by atoms with Crippen LogP contribution >= 0.6 is 22.9 Å². The van der Waals surface area contributed by atoms with Gasteiger partial charge in [-0.2, -0.15) is 0 Å². The molecule has 1 unspecified atom stereocenters. The first-order valence-corrected chi connectivity index (χ1v) is 5.35. The van der Waals surface area contributed by atoms with Crippen molar-refractivity contribution in [2.24, 2.45) is 5.73 Å². The van der Waals surface area contributed by atoms with Crippen molar-refractivity contribution in [3.05, 3.63) is 20.3 Å². The molecule has 0 spiro atoms. The quantitative estimate of drug-likeness (QED) is 0.839. The van der Waals surface area contributed by atoms with Crippen molar-refractivity contribution < 1.29 is 9.90 Å². The molecule has 0 radical (unpaired) electrons. The molecule has 14 heavy (non-hydrogen) atoms. The van der Waals surface area contributed by atoms with Crippen LogP contribution < -0.4 is 5.73 Å². The molecular weight excluding hydrogens is 222 g/mol. The molecule has 1 aromatic heterocycles. The Morgan fingerprint density at radius 1 is 1.64 bits per heavy atom. The predicted octanol–water partition coefficient (Wildman–Crippen LogP) is 1.97. The topological polar surface area (TPSA) is 63.3 Å². The Morgan fingerprint density at radius 2 is 2.21 bits per heavy atom. The molecule has 0 aliphatic rings. The van der Waals surface area contributed by atoms with Crippen molar-refractivity contribution >= 4 is 28.9 Å². The van der Waals surface area contributed by atoms with Gasteiger partial charge in [-0.1, -0.05) is 11.6 Å². The fourth-order valence-corrected chi connectivity index (χ4v) is 2.59. The van der Waals surface area contributed by atoms with Crippen molar-refractivity contribution in [1.82, 2.24) is 0 Å². The summed E-state index contributed by atoms with van der Waals surface area (Å²) in [5.41, 5.74) is 6.39. The van der Waals surface area contributed by atoms with E-state index in [-0.39, 0.29) is 0 Å². The minimum atomic E-state index is -0.980. The van der Waals surface area contributed by atoms with E-state index < -0.39 is 12.0 Å². The van der Waals surface area contributed by atoms with Gasteiger partial charge >= 0.3 is 5.97 Å². The van der Waals surface area contributed by atoms with E-state index in [9.17, 15) is 4.79 Å². The van der Waals surface area contributed by atoms with Crippen LogP contribution in [0.4, 0.5) is 0 Å². The minimum absolute atomic E-state index is 0.347. The van der Waals surface area contributed by atoms with E-state index in [4.69, 9.17) is 22.4 Å². The highest BCUT2D eigenvalue weighted by Crippen LogP contribution is 2.32. The molecule has 0 aliphatic heterocycles. The summed E-state index contributed by atoms with van der Waals surface area (Å²) in [5, 5.41) is 9.38. The highest BCUT2D eigenvalue weighted by Gasteiger charge is 2.17. The van der Waals surface area contributed by atoms with Gasteiger partial charge in [0.25, 0.3) is 0 Å². The number of aliphatic carboxylic acids is 1. The molecule has 1 atom stereocenters. The largest absolute Gasteiger partial charge is 0.480 e. The molecule has 0 bridgehead atoms. The Bertz CT molecular complexity index is 362. The molecule has 3 N–H and O–H groups in total. The average molecular weight is 234 g/mol. The van der Waals surface area contributed by atoms with Gasteiger partial charge in [0.2, 0.25) is 0 Å². The normalized spacial score (nSPS) is 12.9. The van der Waals surface area contributed by atoms with Crippen LogP contribution in [0.3, 0.4) is 0 Å². The molecular formula is C9H12ClNO2S. The lowest BCUT2D eigenvalue weighted by atomic mass is 10.1. The summed E-state index contributed by atoms with van der Waals surface area (Å²) in [6.07, 6.45) is 0.347. The summed E-state index contributed by atoms with van der Waals surface area (Å²) in [5.74, 6) is -0.980. The van der Waals surface area contributed by atoms with Crippen LogP contribution in [-0.4, -0.2) is 17.1 Å². The number of carboxylic acid groups (broad SMARTS) is 1. The second kappa shape index (κ2) is 4.29. The molecule has 0 aromatic carbocycles. The predicted molar refractivity (Wildman–Crippen MR) is 58.1 cm³/mol. The fourth-order valence-electron chi connectivity index (χ4n) is 1.17. The molecule has 1 heterocycles. The summed E-state index contributed by atoms with van der Waals surface area (Å²) >= 11 is 7.50. The number of thiophene rings is 1. The van der Waals surface area contributed by atoms with E-state index in [2.05, 4.69) is 0 Å². The van der Waals surface area contributed by atoms with Gasteiger partial charge in [-0.05, 0) is 19.4 Å². The lowest BCUT2D eigenvalue weighted by Gasteiger charge is -2.04. The third kappa shape index (κ3) is 2.26. The second-order valence-corrected chi connectivity index (χ2v) is 4.86. The number of aryl methyl sites for hydroxylation is 1. The molecule has 0 fully saturated rings. The van der Waals surface area contributed by atoms with Crippen LogP contribution in [0.2, 0.25) is 5.02 Å². The monoisotopic (exact) mass is 233 g/mol. The molecule has 0 aliphatic carbocycles. The molecule has 78 valence electrons. The van der Waals surface area contributed by atoms with Crippen LogP contribution in [0, 0.1) is 13.8 Å². The molecule has 0 saturated carbocycles. The lowest BCUT2D eigenvalue weighted by Crippen LogP contribution is -2.32. The van der Waals surface area contributed by atoms with Crippen molar-refractivity contribution in [2.75, 3.05) is 0 Å². The van der Waals surface area contributed by atoms with E-state index in [0.717, 1.165) is 20.3 Å². The third-order valence-electron chi connectivity index (χ3n) is 2.06. The van der Waals surface area contributed by atoms with Gasteiger partial charge in [-0.15, -0.1) is 11.3 Å². The van der Waals surface area contributed by atoms with E-state index in [1.54, 1.807) is 0 Å². The van der Waals surface area contributed by atoms with Crippen LogP contribution in [-0.2, 0) is 11.2 Å². The summed E-state index contributed by atoms with van der Waals surface area (Å²) in [6, 6.07) is -0.845. The Morgan fingerprint density at radius 3 is 2.57 bits per heavy atom. The maximum atomic E-state index is 10.6. The molecule has 5 heteroatoms. The van der Waals surface area contributed by atoms with Crippen LogP contribution in [0.1, 0.15) is 15.3 Å². The second-order valence-electron chi connectivity index (χ2n) is 3.17. The lowest BCUT2D eigenvalue weighted by molar-refractivity contribution is -0.138. The van der Waals surface area contributed by atoms with Crippen molar-refractivity contribution in [3.63, 3.8) is 0 Å². The minimum Gasteiger partial charge on any atom is -0.480 e. The molecule has 0 amide bonds. The van der Waals surface area contributed by atoms with E-state index in [1.807, 2.05) is 13.8 Å². The Hall–Kier alpha value is -0.580. The number of carbonyl (C=O) groups is 1. The standard InChI is InChI=1S/C9H12ClNO2S/c1-4-7(3-6(11)9(12)13)14-5(2)8(4)10/h6H,3,11H2,1-2H3,(H,12,13). The zero-order valence-electron chi connectivity index (χ0n) is 8.00. The maximum absolute atomic E-state index is 10.6. The number of nitrogens with two attached hydrogens (primary N) is 1. The van der Waals surface area contributed by atoms with Crippen molar-refractivity contribution in [2.45, 2.75) is 26.3 Å². The van der Waals surface area contributed by atoms with E-state index >= 15 is 0 Å². The van der Waals surface area contributed by atoms with Crippen LogP contribution in [0.5, 0.6) is 0 Å². The van der Waals surface area contributed by atoms with Gasteiger partial charge in [0.1, 0.15) is 6.04 Å². The number of hydrogen-bond acceptors (Lipinski definition) is 3. The zero-order chi connectivity index (χ0) is 10.9. The smallest absolute Gasteiger partial charge is 0.320 e. The highest BCUT2D eigenvalue weighted by molar-refractivity contribution is 7.12. The van der Waals surface area contributed by atoms with Gasteiger partial charge in [0, 0.05) is 16.2 Å². The maximum Gasteiger partial charge on any atom is 0.320 e. The summed E-state index contributed by atoms with van der Waals surface area (Å²) < 4.78 is 0. The van der Waals surface area contributed by atoms with Gasteiger partial charge in [0.15, 0.2) is 0 Å². The van der Waals surface area contributed by atoms with Crippen molar-refractivity contribution in [1.29, 1.82) is 0 Å². The summed E-state index contributed by atoms with van der Waals surface area (Å²) in [4.78, 5) is 12.5. The summed E-state index contributed by atoms with van der Waals surface area (Å²) in [6.45, 7) is 3.80. The summed E-state index contributed by atoms with van der Waals surface area (Å²) in [7, 11) is 0. The third-order valence-corrected chi connectivity index (χ3v) is 3.96. The van der Waals surface area contributed by atoms with E-state index in [0.29, 0.717) is 6.42 Å². The molecule has 1 rings (SSSR count). The molecule has 0 saturated heterocycles. The number of hydrogen-bond donors (Lipinski definition) is 2. The van der Waals surface area contributed by atoms with Crippen LogP contribution in [0.15, 0.2) is 0 Å². The number of carboxylic acids is 1. The van der Waals surface area contributed by atoms with E-state index in [1.165, 1.54) is 11.3 Å². The molecule has 3 nitrogen and oxygen atoms in total. The molecule has 1 aromatic rings. The number of rotatable bonds is 3. The Labute approximate surface area is 91.5 Å². The fraction of sp³-hybridized carbons (Fsp3) is 0.444. The first-order chi connectivity index (χ1) is 6.43. The van der Waals surface area contributed by atoms with Crippen molar-refractivity contribution in [3.8, 4) is 0 Å². The first kappa shape index (κ1) is 11.5. The van der Waals surface area contributed by atoms with Gasteiger partial charge < -0.3 is 10.8 Å². The SMILES string of the molecule is Cc1sc(CC(N)C(=O)O)c(C)c1Cl. The average Bonchev–Trinajstić information content (AvgIpc) is 2.33. The van der Waals surface area contributed by atoms with Gasteiger partial charge in [0.05, 0.1) is 5.02 Å². The van der Waals surface area contributed by atoms with Crippen LogP contribution in [0.25, 0.3) is 0 Å². The Balaban J connectivity index is 2.87. The zero-order valence-corrected chi connectivity index (χ0v) is 9.58. The van der Waals surface area contributed by atoms with Gasteiger partial charge in [-0.3, -0.25) is 4.79 Å². The Kier molecular flexibility index (Phi) is 3.53. The number of halogens is 1. The first-order valence-electron chi connectivity index (χ1n) is 4.16. The van der Waals surface area contributed by atoms with Gasteiger partial charge in [-0.25, -0.2) is 0 Å².